The number of nitrogens with one attached hydrogen (secondary N) is 1. The molecule has 2 aliphatic heterocycles. The minimum atomic E-state index is -4.34. The molecule has 1 N–H and O–H groups in total. The Hall–Kier alpha value is -3.48. The van der Waals surface area contributed by atoms with Gasteiger partial charge >= 0.3 is 6.18 Å². The van der Waals surface area contributed by atoms with Gasteiger partial charge in [0.2, 0.25) is 0 Å². The summed E-state index contributed by atoms with van der Waals surface area (Å²) in [7, 11) is 0. The molecule has 2 fully saturated rings. The van der Waals surface area contributed by atoms with Crippen molar-refractivity contribution in [1.29, 1.82) is 5.26 Å². The van der Waals surface area contributed by atoms with Gasteiger partial charge in [-0.2, -0.15) is 31.9 Å². The largest absolute Gasteiger partial charge is 0.416 e. The number of halogens is 3. The fourth-order valence-corrected chi connectivity index (χ4v) is 4.28. The number of alkyl halides is 3. The summed E-state index contributed by atoms with van der Waals surface area (Å²) < 4.78 is 38.0. The van der Waals surface area contributed by atoms with E-state index in [-0.39, 0.29) is 19.5 Å². The van der Waals surface area contributed by atoms with Crippen molar-refractivity contribution >= 4 is 30.7 Å². The van der Waals surface area contributed by atoms with Gasteiger partial charge in [-0.05, 0) is 48.9 Å². The summed E-state index contributed by atoms with van der Waals surface area (Å²) in [5.41, 5.74) is 1.56. The number of nitriles is 1. The third-order valence-electron chi connectivity index (χ3n) is 6.34. The average Bonchev–Trinajstić information content (AvgIpc) is 2.85. The zero-order valence-electron chi connectivity index (χ0n) is 20.4. The Labute approximate surface area is 222 Å². The van der Waals surface area contributed by atoms with Gasteiger partial charge in [0.1, 0.15) is 5.54 Å². The molecule has 5 nitrogen and oxygen atoms in total. The molecule has 2 heterocycles. The monoisotopic (exact) mass is 526 g/mol. The minimum absolute atomic E-state index is 0. The van der Waals surface area contributed by atoms with Crippen LogP contribution in [0.25, 0.3) is 0 Å². The van der Waals surface area contributed by atoms with E-state index in [1.165, 1.54) is 12.1 Å². The minimum Gasteiger partial charge on any atom is -0.366 e. The number of Topliss-reactive ketones (excluding diaryl/α,β-unsaturated/α-hetero) is 1. The van der Waals surface area contributed by atoms with E-state index >= 15 is 0 Å². The molecule has 0 amide bonds. The zero-order valence-corrected chi connectivity index (χ0v) is 21.4. The summed E-state index contributed by atoms with van der Waals surface area (Å²) >= 11 is 0. The lowest BCUT2D eigenvalue weighted by atomic mass is 9.89. The molecule has 0 saturated carbocycles. The van der Waals surface area contributed by atoms with Crippen molar-refractivity contribution in [3.63, 3.8) is 0 Å². The Balaban J connectivity index is 0.000000264. The molecule has 0 unspecified atom stereocenters. The molecule has 2 aliphatic rings. The molecule has 1 atom stereocenters. The molecule has 2 saturated heterocycles. The highest BCUT2D eigenvalue weighted by Crippen LogP contribution is 2.32. The predicted molar refractivity (Wildman–Crippen MR) is 144 cm³/mol. The number of rotatable bonds is 5. The van der Waals surface area contributed by atoms with E-state index in [0.717, 1.165) is 29.1 Å². The van der Waals surface area contributed by atoms with Gasteiger partial charge in [-0.15, -0.1) is 0 Å². The molecule has 3 aromatic carbocycles. The van der Waals surface area contributed by atoms with Crippen LogP contribution in [0.1, 0.15) is 24.1 Å². The predicted octanol–water partition coefficient (Wildman–Crippen LogP) is 5.33. The lowest BCUT2D eigenvalue weighted by Crippen LogP contribution is -2.69. The maximum Gasteiger partial charge on any atom is 0.416 e. The van der Waals surface area contributed by atoms with Gasteiger partial charge in [-0.25, -0.2) is 0 Å². The quantitative estimate of drug-likeness (QED) is 0.487. The van der Waals surface area contributed by atoms with Crippen molar-refractivity contribution in [3.8, 4) is 6.07 Å². The second-order valence-corrected chi connectivity index (χ2v) is 9.10. The van der Waals surface area contributed by atoms with Gasteiger partial charge in [0.05, 0.1) is 37.8 Å². The van der Waals surface area contributed by atoms with Crippen LogP contribution in [0, 0.1) is 11.3 Å². The van der Waals surface area contributed by atoms with Crippen LogP contribution in [-0.4, -0.2) is 37.5 Å². The Morgan fingerprint density at radius 3 is 1.78 bits per heavy atom. The van der Waals surface area contributed by atoms with Crippen molar-refractivity contribution in [2.75, 3.05) is 36.0 Å². The molecular weight excluding hydrogens is 497 g/mol. The number of hydrogen-bond acceptors (Lipinski definition) is 5. The Morgan fingerprint density at radius 1 is 0.865 bits per heavy atom. The van der Waals surface area contributed by atoms with Crippen LogP contribution in [0.3, 0.4) is 0 Å². The van der Waals surface area contributed by atoms with Crippen molar-refractivity contribution in [1.82, 2.24) is 5.32 Å². The van der Waals surface area contributed by atoms with Crippen molar-refractivity contribution in [2.45, 2.75) is 24.7 Å². The van der Waals surface area contributed by atoms with Crippen molar-refractivity contribution < 1.29 is 18.0 Å². The molecule has 0 aromatic heterocycles. The summed E-state index contributed by atoms with van der Waals surface area (Å²) in [4.78, 5) is 14.8. The molecule has 0 spiro atoms. The molecule has 0 aliphatic carbocycles. The average molecular weight is 527 g/mol. The second kappa shape index (κ2) is 11.7. The van der Waals surface area contributed by atoms with Gasteiger partial charge in [0, 0.05) is 17.4 Å². The van der Waals surface area contributed by atoms with Crippen LogP contribution in [-0.2, 0) is 11.0 Å². The summed E-state index contributed by atoms with van der Waals surface area (Å²) in [5.74, 6) is 0.328. The highest BCUT2D eigenvalue weighted by Gasteiger charge is 2.44. The van der Waals surface area contributed by atoms with Crippen LogP contribution in [0.15, 0.2) is 84.9 Å². The van der Waals surface area contributed by atoms with E-state index in [2.05, 4.69) is 21.2 Å². The molecule has 5 rings (SSSR count). The van der Waals surface area contributed by atoms with Crippen LogP contribution < -0.4 is 15.1 Å². The van der Waals surface area contributed by atoms with E-state index in [4.69, 9.17) is 0 Å². The van der Waals surface area contributed by atoms with Gasteiger partial charge in [-0.3, -0.25) is 10.1 Å². The van der Waals surface area contributed by atoms with E-state index in [1.54, 1.807) is 0 Å². The summed E-state index contributed by atoms with van der Waals surface area (Å²) in [5, 5.41) is 12.8. The maximum absolute atomic E-state index is 12.7. The molecule has 37 heavy (non-hydrogen) atoms. The smallest absolute Gasteiger partial charge is 0.366 e. The van der Waals surface area contributed by atoms with Gasteiger partial charge in [-0.1, -0.05) is 48.5 Å². The van der Waals surface area contributed by atoms with Crippen LogP contribution in [0.5, 0.6) is 0 Å². The number of anilines is 2. The molecule has 3 aromatic rings. The van der Waals surface area contributed by atoms with Crippen LogP contribution >= 0.6 is 13.5 Å². The number of nitrogens with zero attached hydrogens (tertiary/aromatic N) is 3. The van der Waals surface area contributed by atoms with E-state index in [0.29, 0.717) is 32.0 Å². The number of hydrogen-bond donors (Lipinski definition) is 1. The first-order valence-electron chi connectivity index (χ1n) is 11.7. The molecule has 194 valence electrons. The standard InChI is InChI=1S/C19H18F3N3.C9H9NO.H2S/c1-14(15-7-9-16(10-8-15)19(20,21)22)24-18(11-23)12-25(13-18)17-5-3-2-4-6-17;11-9-6-10(7-9)8-4-2-1-3-5-8;/h2-10,14,24H,12-13H2,1H3;1-5H,6-7H2;1H2/t14-;;/m0../s1. The Morgan fingerprint density at radius 2 is 1.35 bits per heavy atom. The fraction of sp³-hybridized carbons (Fsp3) is 0.286. The number of para-hydroxylation sites is 2. The first-order chi connectivity index (χ1) is 17.2. The summed E-state index contributed by atoms with van der Waals surface area (Å²) in [6.07, 6.45) is -4.34. The topological polar surface area (TPSA) is 59.4 Å². The molecule has 0 radical (unpaired) electrons. The number of carbonyl (C=O) groups excluding carboxylic acids is 1. The molecular formula is C28H29F3N4OS. The highest BCUT2D eigenvalue weighted by atomic mass is 32.1. The lowest BCUT2D eigenvalue weighted by molar-refractivity contribution is -0.137. The summed E-state index contributed by atoms with van der Waals surface area (Å²) in [6, 6.07) is 26.9. The first-order valence-corrected chi connectivity index (χ1v) is 11.7. The highest BCUT2D eigenvalue weighted by molar-refractivity contribution is 7.59. The van der Waals surface area contributed by atoms with Crippen LogP contribution in [0.4, 0.5) is 24.5 Å². The Bertz CT molecular complexity index is 1200. The number of benzene rings is 3. The maximum atomic E-state index is 12.7. The van der Waals surface area contributed by atoms with Gasteiger partial charge in [0.25, 0.3) is 0 Å². The number of carbonyl (C=O) groups is 1. The van der Waals surface area contributed by atoms with Crippen LogP contribution in [0.2, 0.25) is 0 Å². The summed E-state index contributed by atoms with van der Waals surface area (Å²) in [6.45, 7) is 4.11. The zero-order chi connectivity index (χ0) is 25.8. The van der Waals surface area contributed by atoms with E-state index in [9.17, 15) is 23.2 Å². The fourth-order valence-electron chi connectivity index (χ4n) is 4.28. The number of ketones is 1. The van der Waals surface area contributed by atoms with Gasteiger partial charge < -0.3 is 9.80 Å². The third-order valence-corrected chi connectivity index (χ3v) is 6.34. The third kappa shape index (κ3) is 6.85. The van der Waals surface area contributed by atoms with Crippen molar-refractivity contribution in [3.05, 3.63) is 96.1 Å². The molecule has 0 bridgehead atoms. The lowest BCUT2D eigenvalue weighted by Gasteiger charge is -2.48. The second-order valence-electron chi connectivity index (χ2n) is 9.10. The normalized spacial score (nSPS) is 16.7. The SMILES string of the molecule is C[C@H](NC1(C#N)CN(c2ccccc2)C1)c1ccc(C(F)(F)F)cc1.O=C1CN(c2ccccc2)C1.S. The van der Waals surface area contributed by atoms with Crippen molar-refractivity contribution in [2.24, 2.45) is 0 Å². The van der Waals surface area contributed by atoms with E-state index < -0.39 is 17.3 Å². The first kappa shape index (κ1) is 28.1. The Kier molecular flexibility index (Phi) is 8.89. The van der Waals surface area contributed by atoms with E-state index in [1.807, 2.05) is 67.6 Å². The molecule has 9 heteroatoms. The van der Waals surface area contributed by atoms with Gasteiger partial charge in [0.15, 0.2) is 5.78 Å².